The molecule has 1 aliphatic rings. The van der Waals surface area contributed by atoms with Crippen LogP contribution in [-0.4, -0.2) is 36.7 Å². The van der Waals surface area contributed by atoms with Crippen LogP contribution in [0.3, 0.4) is 0 Å². The number of hydrogen-bond donors (Lipinski definition) is 1. The topological polar surface area (TPSA) is 75.9 Å². The van der Waals surface area contributed by atoms with E-state index < -0.39 is 0 Å². The van der Waals surface area contributed by atoms with Crippen LogP contribution in [0.5, 0.6) is 0 Å². The Labute approximate surface area is 157 Å². The molecule has 1 amide bonds. The van der Waals surface area contributed by atoms with Gasteiger partial charge in [-0.3, -0.25) is 19.0 Å². The molecule has 1 N–H and O–H groups in total. The van der Waals surface area contributed by atoms with Crippen LogP contribution in [0.4, 0.5) is 0 Å². The number of carbonyl (C=O) groups excluding carboxylic acids is 1. The maximum atomic E-state index is 13.2. The number of aryl methyl sites for hydroxylation is 3. The van der Waals surface area contributed by atoms with Crippen molar-refractivity contribution in [1.82, 2.24) is 24.2 Å². The molecule has 2 aromatic heterocycles. The fraction of sp³-hybridized carbons (Fsp3) is 0.450. The van der Waals surface area contributed by atoms with Crippen molar-refractivity contribution in [2.45, 2.75) is 52.7 Å². The number of nitrogens with one attached hydrogen (secondary N) is 1. The van der Waals surface area contributed by atoms with Crippen LogP contribution in [0.1, 0.15) is 42.8 Å². The molecule has 3 aromatic rings. The molecule has 7 nitrogen and oxygen atoms in total. The Kier molecular flexibility index (Phi) is 4.37. The van der Waals surface area contributed by atoms with Crippen molar-refractivity contribution in [3.05, 3.63) is 51.7 Å². The predicted molar refractivity (Wildman–Crippen MR) is 104 cm³/mol. The summed E-state index contributed by atoms with van der Waals surface area (Å²) in [5.41, 5.74) is 4.62. The molecule has 1 fully saturated rings. The SMILES string of the molecule is CCn1c(=O)n(CC(=O)N2CCCC2c2c(C)n[nH]c2C)c2ccccc21. The number of carbonyl (C=O) groups is 1. The minimum Gasteiger partial charge on any atom is -0.334 e. The van der Waals surface area contributed by atoms with Gasteiger partial charge in [0.25, 0.3) is 0 Å². The second-order valence-corrected chi connectivity index (χ2v) is 7.19. The second kappa shape index (κ2) is 6.72. The maximum Gasteiger partial charge on any atom is 0.329 e. The molecule has 0 saturated carbocycles. The van der Waals surface area contributed by atoms with Gasteiger partial charge >= 0.3 is 5.69 Å². The number of likely N-dealkylation sites (tertiary alicyclic amines) is 1. The Hall–Kier alpha value is -2.83. The number of amides is 1. The summed E-state index contributed by atoms with van der Waals surface area (Å²) in [4.78, 5) is 27.9. The van der Waals surface area contributed by atoms with Crippen molar-refractivity contribution < 1.29 is 4.79 Å². The van der Waals surface area contributed by atoms with Crippen molar-refractivity contribution in [3.8, 4) is 0 Å². The zero-order valence-corrected chi connectivity index (χ0v) is 16.0. The van der Waals surface area contributed by atoms with E-state index in [4.69, 9.17) is 0 Å². The van der Waals surface area contributed by atoms with E-state index in [0.717, 1.165) is 40.8 Å². The lowest BCUT2D eigenvalue weighted by Crippen LogP contribution is -2.36. The van der Waals surface area contributed by atoms with Gasteiger partial charge in [-0.15, -0.1) is 0 Å². The summed E-state index contributed by atoms with van der Waals surface area (Å²) in [5.74, 6) is -0.0152. The first-order valence-corrected chi connectivity index (χ1v) is 9.52. The molecule has 27 heavy (non-hydrogen) atoms. The van der Waals surface area contributed by atoms with E-state index >= 15 is 0 Å². The zero-order valence-electron chi connectivity index (χ0n) is 16.0. The second-order valence-electron chi connectivity index (χ2n) is 7.19. The largest absolute Gasteiger partial charge is 0.334 e. The van der Waals surface area contributed by atoms with Crippen LogP contribution in [0, 0.1) is 13.8 Å². The molecule has 1 aromatic carbocycles. The smallest absolute Gasteiger partial charge is 0.329 e. The van der Waals surface area contributed by atoms with Gasteiger partial charge in [0.05, 0.1) is 22.8 Å². The van der Waals surface area contributed by atoms with Crippen molar-refractivity contribution in [1.29, 1.82) is 0 Å². The summed E-state index contributed by atoms with van der Waals surface area (Å²) in [6, 6.07) is 7.69. The Bertz CT molecular complexity index is 1040. The molecular formula is C20H25N5O2. The van der Waals surface area contributed by atoms with E-state index in [0.29, 0.717) is 13.1 Å². The first-order chi connectivity index (χ1) is 13.0. The number of imidazole rings is 1. The van der Waals surface area contributed by atoms with Crippen LogP contribution in [0.2, 0.25) is 0 Å². The van der Waals surface area contributed by atoms with Crippen LogP contribution in [0.15, 0.2) is 29.1 Å². The minimum absolute atomic E-state index is 0.0152. The molecule has 1 atom stereocenters. The summed E-state index contributed by atoms with van der Waals surface area (Å²) in [7, 11) is 0. The highest BCUT2D eigenvalue weighted by Gasteiger charge is 2.33. The van der Waals surface area contributed by atoms with Crippen molar-refractivity contribution in [3.63, 3.8) is 0 Å². The first kappa shape index (κ1) is 17.6. The number of H-pyrrole nitrogens is 1. The third-order valence-corrected chi connectivity index (χ3v) is 5.63. The zero-order chi connectivity index (χ0) is 19.1. The van der Waals surface area contributed by atoms with E-state index in [1.165, 1.54) is 0 Å². The number of nitrogens with zero attached hydrogens (tertiary/aromatic N) is 4. The Morgan fingerprint density at radius 1 is 1.22 bits per heavy atom. The highest BCUT2D eigenvalue weighted by atomic mass is 16.2. The van der Waals surface area contributed by atoms with E-state index in [2.05, 4.69) is 10.2 Å². The lowest BCUT2D eigenvalue weighted by Gasteiger charge is -2.25. The lowest BCUT2D eigenvalue weighted by molar-refractivity contribution is -0.132. The summed E-state index contributed by atoms with van der Waals surface area (Å²) in [5, 5.41) is 7.31. The Morgan fingerprint density at radius 2 is 1.93 bits per heavy atom. The molecule has 3 heterocycles. The van der Waals surface area contributed by atoms with Gasteiger partial charge in [0, 0.05) is 24.3 Å². The third kappa shape index (κ3) is 2.78. The van der Waals surface area contributed by atoms with Gasteiger partial charge < -0.3 is 4.90 Å². The van der Waals surface area contributed by atoms with Crippen molar-refractivity contribution in [2.75, 3.05) is 6.54 Å². The first-order valence-electron chi connectivity index (χ1n) is 9.52. The van der Waals surface area contributed by atoms with E-state index in [1.54, 1.807) is 9.13 Å². The fourth-order valence-corrected chi connectivity index (χ4v) is 4.37. The predicted octanol–water partition coefficient (Wildman–Crippen LogP) is 2.53. The van der Waals surface area contributed by atoms with E-state index in [9.17, 15) is 9.59 Å². The standard InChI is InChI=1S/C20H25N5O2/c1-4-23-15-8-5-6-9-16(15)25(20(23)27)12-18(26)24-11-7-10-17(24)19-13(2)21-22-14(19)3/h5-6,8-9,17H,4,7,10-12H2,1-3H3,(H,21,22). The number of benzene rings is 1. The van der Waals surface area contributed by atoms with Crippen LogP contribution < -0.4 is 5.69 Å². The highest BCUT2D eigenvalue weighted by Crippen LogP contribution is 2.35. The van der Waals surface area contributed by atoms with Gasteiger partial charge in [0.15, 0.2) is 0 Å². The maximum absolute atomic E-state index is 13.2. The normalized spacial score (nSPS) is 17.1. The van der Waals surface area contributed by atoms with Gasteiger partial charge in [-0.1, -0.05) is 12.1 Å². The summed E-state index contributed by atoms with van der Waals surface area (Å²) in [6.07, 6.45) is 1.89. The average molecular weight is 367 g/mol. The van der Waals surface area contributed by atoms with Gasteiger partial charge in [0.1, 0.15) is 6.54 Å². The molecule has 4 rings (SSSR count). The van der Waals surface area contributed by atoms with Crippen LogP contribution >= 0.6 is 0 Å². The van der Waals surface area contributed by atoms with Crippen LogP contribution in [-0.2, 0) is 17.9 Å². The van der Waals surface area contributed by atoms with E-state index in [-0.39, 0.29) is 24.2 Å². The molecule has 1 unspecified atom stereocenters. The number of aromatic nitrogens is 4. The van der Waals surface area contributed by atoms with Gasteiger partial charge in [0.2, 0.25) is 5.91 Å². The molecule has 0 aliphatic carbocycles. The molecular weight excluding hydrogens is 342 g/mol. The molecule has 142 valence electrons. The van der Waals surface area contributed by atoms with Crippen molar-refractivity contribution in [2.24, 2.45) is 0 Å². The Morgan fingerprint density at radius 3 is 2.56 bits per heavy atom. The van der Waals surface area contributed by atoms with Crippen LogP contribution in [0.25, 0.3) is 11.0 Å². The van der Waals surface area contributed by atoms with Crippen molar-refractivity contribution >= 4 is 16.9 Å². The summed E-state index contributed by atoms with van der Waals surface area (Å²) < 4.78 is 3.32. The summed E-state index contributed by atoms with van der Waals surface area (Å²) >= 11 is 0. The van der Waals surface area contributed by atoms with Gasteiger partial charge in [-0.05, 0) is 45.7 Å². The highest BCUT2D eigenvalue weighted by molar-refractivity contribution is 5.81. The van der Waals surface area contributed by atoms with Gasteiger partial charge in [-0.25, -0.2) is 4.79 Å². The number of para-hydroxylation sites is 2. The lowest BCUT2D eigenvalue weighted by atomic mass is 10.0. The quantitative estimate of drug-likeness (QED) is 0.770. The molecule has 0 bridgehead atoms. The molecule has 0 spiro atoms. The average Bonchev–Trinajstić information content (AvgIpc) is 3.33. The number of hydrogen-bond acceptors (Lipinski definition) is 3. The minimum atomic E-state index is -0.126. The molecule has 1 aliphatic heterocycles. The molecule has 7 heteroatoms. The van der Waals surface area contributed by atoms with Gasteiger partial charge in [-0.2, -0.15) is 5.10 Å². The number of aromatic amines is 1. The molecule has 1 saturated heterocycles. The van der Waals surface area contributed by atoms with E-state index in [1.807, 2.05) is 49.9 Å². The molecule has 0 radical (unpaired) electrons. The number of rotatable bonds is 4. The fourth-order valence-electron chi connectivity index (χ4n) is 4.37. The summed E-state index contributed by atoms with van der Waals surface area (Å²) in [6.45, 7) is 7.28. The third-order valence-electron chi connectivity index (χ3n) is 5.63. The number of fused-ring (bicyclic) bond motifs is 1. The monoisotopic (exact) mass is 367 g/mol. The Balaban J connectivity index is 1.68.